The molecule has 2 aromatic heterocycles. The van der Waals surface area contributed by atoms with E-state index in [-0.39, 0.29) is 4.74 Å². The molecule has 0 saturated carbocycles. The smallest absolute Gasteiger partial charge is 0.248 e. The Hall–Kier alpha value is -1.43. The van der Waals surface area contributed by atoms with Gasteiger partial charge in [-0.3, -0.25) is 9.89 Å². The van der Waals surface area contributed by atoms with E-state index in [1.165, 1.54) is 6.20 Å². The molecule has 2 aromatic rings. The van der Waals surface area contributed by atoms with Gasteiger partial charge in [0.25, 0.3) is 0 Å². The van der Waals surface area contributed by atoms with Crippen molar-refractivity contribution in [3.8, 4) is 0 Å². The van der Waals surface area contributed by atoms with Crippen LogP contribution in [0.3, 0.4) is 0 Å². The number of H-pyrrole nitrogens is 1. The molecule has 0 atom stereocenters. The van der Waals surface area contributed by atoms with E-state index >= 15 is 0 Å². The monoisotopic (exact) mass is 224 g/mol. The molecule has 0 saturated heterocycles. The first-order valence-electron chi connectivity index (χ1n) is 4.89. The van der Waals surface area contributed by atoms with Crippen LogP contribution in [0.2, 0.25) is 0 Å². The number of nitrogens with one attached hydrogen (secondary N) is 2. The molecule has 0 unspecified atom stereocenters. The number of fused-ring (bicyclic) bond motifs is 1. The van der Waals surface area contributed by atoms with Crippen molar-refractivity contribution in [2.45, 2.75) is 19.8 Å². The van der Waals surface area contributed by atoms with E-state index in [1.807, 2.05) is 0 Å². The third-order valence-corrected chi connectivity index (χ3v) is 2.88. The van der Waals surface area contributed by atoms with Crippen molar-refractivity contribution in [1.82, 2.24) is 15.2 Å². The van der Waals surface area contributed by atoms with E-state index < -0.39 is 0 Å². The van der Waals surface area contributed by atoms with Gasteiger partial charge in [0.15, 0.2) is 10.8 Å². The molecule has 0 aromatic carbocycles. The van der Waals surface area contributed by atoms with Gasteiger partial charge in [-0.25, -0.2) is 4.98 Å². The van der Waals surface area contributed by atoms with Crippen LogP contribution in [0, 0.1) is 0 Å². The predicted molar refractivity (Wildman–Crippen MR) is 61.4 cm³/mol. The molecule has 0 aliphatic rings. The number of unbranched alkanes of at least 4 members (excludes halogenated alkanes) is 1. The van der Waals surface area contributed by atoms with Gasteiger partial charge in [0, 0.05) is 6.54 Å². The molecule has 0 bridgehead atoms. The largest absolute Gasteiger partial charge is 0.361 e. The number of anilines is 1. The third kappa shape index (κ3) is 2.15. The lowest BCUT2D eigenvalue weighted by Gasteiger charge is -2.01. The molecule has 2 rings (SSSR count). The lowest BCUT2D eigenvalue weighted by atomic mass is 10.3. The Labute approximate surface area is 90.6 Å². The lowest BCUT2D eigenvalue weighted by molar-refractivity contribution is 0.833. The van der Waals surface area contributed by atoms with E-state index in [4.69, 9.17) is 0 Å². The van der Waals surface area contributed by atoms with E-state index in [2.05, 4.69) is 27.4 Å². The van der Waals surface area contributed by atoms with Crippen molar-refractivity contribution < 1.29 is 0 Å². The molecule has 5 nitrogen and oxygen atoms in total. The van der Waals surface area contributed by atoms with Crippen LogP contribution in [0.25, 0.3) is 11.0 Å². The number of hydrogen-bond donors (Lipinski definition) is 2. The summed E-state index contributed by atoms with van der Waals surface area (Å²) < 4.78 is -0.00671. The fourth-order valence-electron chi connectivity index (χ4n) is 1.23. The zero-order valence-corrected chi connectivity index (χ0v) is 9.23. The van der Waals surface area contributed by atoms with Gasteiger partial charge in [-0.15, -0.1) is 0 Å². The quantitative estimate of drug-likeness (QED) is 0.774. The van der Waals surface area contributed by atoms with E-state index in [0.717, 1.165) is 30.7 Å². The molecule has 15 heavy (non-hydrogen) atoms. The molecule has 0 spiro atoms. The summed E-state index contributed by atoms with van der Waals surface area (Å²) in [4.78, 5) is 15.8. The van der Waals surface area contributed by atoms with Crippen molar-refractivity contribution in [2.75, 3.05) is 11.9 Å². The highest BCUT2D eigenvalue weighted by Gasteiger charge is 2.05. The molecule has 6 heteroatoms. The summed E-state index contributed by atoms with van der Waals surface area (Å²) in [6.45, 7) is 2.97. The number of rotatable bonds is 4. The topological polar surface area (TPSA) is 70.7 Å². The predicted octanol–water partition coefficient (Wildman–Crippen LogP) is 1.59. The normalized spacial score (nSPS) is 10.7. The minimum atomic E-state index is -0.00671. The highest BCUT2D eigenvalue weighted by atomic mass is 32.1. The summed E-state index contributed by atoms with van der Waals surface area (Å²) in [5.74, 6) is 0. The Morgan fingerprint density at radius 1 is 1.60 bits per heavy atom. The zero-order valence-electron chi connectivity index (χ0n) is 8.41. The van der Waals surface area contributed by atoms with Crippen molar-refractivity contribution >= 4 is 27.5 Å². The Balaban J connectivity index is 2.25. The van der Waals surface area contributed by atoms with E-state index in [9.17, 15) is 4.79 Å². The summed E-state index contributed by atoms with van der Waals surface area (Å²) in [6.07, 6.45) is 3.70. The molecule has 0 aliphatic heterocycles. The minimum Gasteiger partial charge on any atom is -0.361 e. The van der Waals surface area contributed by atoms with Crippen LogP contribution >= 0.6 is 11.3 Å². The Bertz CT molecular complexity index is 504. The number of hydrogen-bond acceptors (Lipinski definition) is 5. The van der Waals surface area contributed by atoms with Gasteiger partial charge in [-0.05, 0) is 6.42 Å². The van der Waals surface area contributed by atoms with Crippen LogP contribution in [0.15, 0.2) is 11.0 Å². The SMILES string of the molecule is CCCCNc1nc2[nH]ncc2c(=O)s1. The second-order valence-corrected chi connectivity index (χ2v) is 4.18. The highest BCUT2D eigenvalue weighted by molar-refractivity contribution is 7.13. The fourth-order valence-corrected chi connectivity index (χ4v) is 1.97. The standard InChI is InChI=1S/C9H12N4OS/c1-2-3-4-10-9-12-7-6(5-11-13-7)8(14)15-9/h5H,2-4H2,1H3,(H2,10,11,12,13). The lowest BCUT2D eigenvalue weighted by Crippen LogP contribution is -2.05. The molecular weight excluding hydrogens is 212 g/mol. The molecule has 0 fully saturated rings. The maximum Gasteiger partial charge on any atom is 0.248 e. The van der Waals surface area contributed by atoms with Crippen LogP contribution in [-0.4, -0.2) is 21.7 Å². The summed E-state index contributed by atoms with van der Waals surface area (Å²) >= 11 is 1.12. The van der Waals surface area contributed by atoms with Gasteiger partial charge in [0.05, 0.1) is 11.6 Å². The molecule has 0 aliphatic carbocycles. The first kappa shape index (κ1) is 10.1. The van der Waals surface area contributed by atoms with Crippen LogP contribution in [0.5, 0.6) is 0 Å². The highest BCUT2D eigenvalue weighted by Crippen LogP contribution is 2.12. The average molecular weight is 224 g/mol. The van der Waals surface area contributed by atoms with E-state index in [0.29, 0.717) is 16.2 Å². The third-order valence-electron chi connectivity index (χ3n) is 2.05. The van der Waals surface area contributed by atoms with Gasteiger partial charge in [-0.1, -0.05) is 24.7 Å². The van der Waals surface area contributed by atoms with Crippen molar-refractivity contribution in [1.29, 1.82) is 0 Å². The maximum absolute atomic E-state index is 11.6. The first-order valence-corrected chi connectivity index (χ1v) is 5.71. The van der Waals surface area contributed by atoms with Crippen LogP contribution in [0.1, 0.15) is 19.8 Å². The summed E-state index contributed by atoms with van der Waals surface area (Å²) in [6, 6.07) is 0. The van der Waals surface area contributed by atoms with Crippen LogP contribution < -0.4 is 10.1 Å². The summed E-state index contributed by atoms with van der Waals surface area (Å²) in [5.41, 5.74) is 0.553. The Kier molecular flexibility index (Phi) is 2.96. The molecule has 2 heterocycles. The van der Waals surface area contributed by atoms with Gasteiger partial charge in [0.2, 0.25) is 4.74 Å². The van der Waals surface area contributed by atoms with Crippen molar-refractivity contribution in [2.24, 2.45) is 0 Å². The van der Waals surface area contributed by atoms with Crippen LogP contribution in [-0.2, 0) is 0 Å². The van der Waals surface area contributed by atoms with Gasteiger partial charge in [0.1, 0.15) is 0 Å². The Morgan fingerprint density at radius 3 is 3.27 bits per heavy atom. The number of nitrogens with zero attached hydrogens (tertiary/aromatic N) is 2. The van der Waals surface area contributed by atoms with Gasteiger partial charge >= 0.3 is 0 Å². The van der Waals surface area contributed by atoms with Gasteiger partial charge in [-0.2, -0.15) is 5.10 Å². The Morgan fingerprint density at radius 2 is 2.47 bits per heavy atom. The molecule has 0 amide bonds. The van der Waals surface area contributed by atoms with Gasteiger partial charge < -0.3 is 5.32 Å². The second-order valence-electron chi connectivity index (χ2n) is 3.22. The van der Waals surface area contributed by atoms with Crippen molar-refractivity contribution in [3.63, 3.8) is 0 Å². The molecular formula is C9H12N4OS. The van der Waals surface area contributed by atoms with E-state index in [1.54, 1.807) is 0 Å². The maximum atomic E-state index is 11.6. The second kappa shape index (κ2) is 4.39. The minimum absolute atomic E-state index is 0.00671. The fraction of sp³-hybridized carbons (Fsp3) is 0.444. The molecule has 80 valence electrons. The number of aromatic nitrogens is 3. The molecule has 2 N–H and O–H groups in total. The average Bonchev–Trinajstić information content (AvgIpc) is 2.66. The first-order chi connectivity index (χ1) is 7.31. The molecule has 0 radical (unpaired) electrons. The zero-order chi connectivity index (χ0) is 10.7. The number of aromatic amines is 1. The summed E-state index contributed by atoms with van der Waals surface area (Å²) in [7, 11) is 0. The van der Waals surface area contributed by atoms with Crippen LogP contribution in [0.4, 0.5) is 5.13 Å². The summed E-state index contributed by atoms with van der Waals surface area (Å²) in [5, 5.41) is 10.8. The van der Waals surface area contributed by atoms with Crippen molar-refractivity contribution in [3.05, 3.63) is 15.7 Å².